The molecule has 0 radical (unpaired) electrons. The molecule has 1 saturated heterocycles. The second-order valence-electron chi connectivity index (χ2n) is 8.18. The number of esters is 1. The quantitative estimate of drug-likeness (QED) is 0.729. The van der Waals surface area contributed by atoms with E-state index in [0.29, 0.717) is 19.1 Å². The smallest absolute Gasteiger partial charge is 0.311 e. The molecule has 3 fully saturated rings. The lowest BCUT2D eigenvalue weighted by atomic mass is 9.83. The van der Waals surface area contributed by atoms with E-state index in [0.717, 1.165) is 18.3 Å². The number of hydrogen-bond acceptors (Lipinski definition) is 4. The van der Waals surface area contributed by atoms with E-state index in [9.17, 15) is 4.79 Å². The predicted molar refractivity (Wildman–Crippen MR) is 83.2 cm³/mol. The highest BCUT2D eigenvalue weighted by molar-refractivity contribution is 5.75. The van der Waals surface area contributed by atoms with Crippen molar-refractivity contribution in [2.24, 2.45) is 23.2 Å². The summed E-state index contributed by atoms with van der Waals surface area (Å²) in [6, 6.07) is 0. The fourth-order valence-electron chi connectivity index (χ4n) is 4.33. The largest absolute Gasteiger partial charge is 0.462 e. The maximum Gasteiger partial charge on any atom is 0.311 e. The molecule has 5 unspecified atom stereocenters. The number of fused-ring (bicyclic) bond motifs is 2. The van der Waals surface area contributed by atoms with E-state index in [1.54, 1.807) is 0 Å². The normalized spacial score (nSPS) is 41.1. The summed E-state index contributed by atoms with van der Waals surface area (Å²) in [5.74, 6) is 1.53. The predicted octanol–water partition coefficient (Wildman–Crippen LogP) is 3.53. The highest BCUT2D eigenvalue weighted by Crippen LogP contribution is 2.54. The molecule has 2 saturated carbocycles. The number of ether oxygens (including phenoxy) is 3. The van der Waals surface area contributed by atoms with Crippen LogP contribution in [0.3, 0.4) is 0 Å². The van der Waals surface area contributed by atoms with Crippen molar-refractivity contribution in [1.82, 2.24) is 0 Å². The van der Waals surface area contributed by atoms with Gasteiger partial charge in [0.25, 0.3) is 0 Å². The van der Waals surface area contributed by atoms with Crippen molar-refractivity contribution in [3.8, 4) is 0 Å². The Hall–Kier alpha value is -0.610. The Balaban J connectivity index is 1.51. The van der Waals surface area contributed by atoms with Gasteiger partial charge in [0.15, 0.2) is 5.79 Å². The standard InChI is InChI=1S/C18H30O4/c1-5-17(2,3)16(19)20-10-14-11-21-18(4,22-14)15-9-12-6-7-13(15)8-12/h12-15H,5-11H2,1-4H3. The molecule has 22 heavy (non-hydrogen) atoms. The van der Waals surface area contributed by atoms with Gasteiger partial charge in [0.05, 0.1) is 12.0 Å². The van der Waals surface area contributed by atoms with Gasteiger partial charge in [-0.2, -0.15) is 0 Å². The lowest BCUT2D eigenvalue weighted by Gasteiger charge is -2.35. The van der Waals surface area contributed by atoms with E-state index < -0.39 is 11.2 Å². The van der Waals surface area contributed by atoms with Crippen LogP contribution in [0.25, 0.3) is 0 Å². The molecule has 1 heterocycles. The summed E-state index contributed by atoms with van der Waals surface area (Å²) in [5.41, 5.74) is -0.423. The first-order valence-corrected chi connectivity index (χ1v) is 8.83. The summed E-state index contributed by atoms with van der Waals surface area (Å²) >= 11 is 0. The van der Waals surface area contributed by atoms with Crippen LogP contribution in [0.5, 0.6) is 0 Å². The van der Waals surface area contributed by atoms with Crippen LogP contribution in [-0.2, 0) is 19.0 Å². The SMILES string of the molecule is CCC(C)(C)C(=O)OCC1COC(C)(C2CC3CCC2C3)O1. The van der Waals surface area contributed by atoms with Gasteiger partial charge in [-0.1, -0.05) is 13.3 Å². The van der Waals surface area contributed by atoms with Crippen LogP contribution < -0.4 is 0 Å². The minimum Gasteiger partial charge on any atom is -0.462 e. The Kier molecular flexibility index (Phi) is 4.28. The van der Waals surface area contributed by atoms with Crippen molar-refractivity contribution in [1.29, 1.82) is 0 Å². The molecule has 4 nitrogen and oxygen atoms in total. The van der Waals surface area contributed by atoms with Gasteiger partial charge in [-0.3, -0.25) is 4.79 Å². The average molecular weight is 310 g/mol. The van der Waals surface area contributed by atoms with E-state index in [2.05, 4.69) is 6.92 Å². The maximum absolute atomic E-state index is 12.1. The van der Waals surface area contributed by atoms with Gasteiger partial charge in [0.2, 0.25) is 0 Å². The first kappa shape index (κ1) is 16.3. The fraction of sp³-hybridized carbons (Fsp3) is 0.944. The van der Waals surface area contributed by atoms with E-state index in [1.807, 2.05) is 20.8 Å². The van der Waals surface area contributed by atoms with E-state index in [-0.39, 0.29) is 12.1 Å². The second-order valence-corrected chi connectivity index (χ2v) is 8.18. The lowest BCUT2D eigenvalue weighted by molar-refractivity contribution is -0.207. The summed E-state index contributed by atoms with van der Waals surface area (Å²) in [7, 11) is 0. The number of hydrogen-bond donors (Lipinski definition) is 0. The van der Waals surface area contributed by atoms with E-state index >= 15 is 0 Å². The second kappa shape index (κ2) is 5.79. The van der Waals surface area contributed by atoms with Crippen molar-refractivity contribution >= 4 is 5.97 Å². The molecule has 2 aliphatic carbocycles. The topological polar surface area (TPSA) is 44.8 Å². The Morgan fingerprint density at radius 3 is 2.68 bits per heavy atom. The summed E-state index contributed by atoms with van der Waals surface area (Å²) in [6.45, 7) is 8.75. The molecule has 0 aromatic rings. The zero-order valence-electron chi connectivity index (χ0n) is 14.4. The van der Waals surface area contributed by atoms with Crippen LogP contribution in [0.4, 0.5) is 0 Å². The Labute approximate surface area is 133 Å². The zero-order chi connectivity index (χ0) is 16.0. The third-order valence-corrected chi connectivity index (χ3v) is 6.20. The molecule has 3 aliphatic rings. The molecular formula is C18H30O4. The van der Waals surface area contributed by atoms with Crippen molar-refractivity contribution in [3.63, 3.8) is 0 Å². The molecule has 0 spiro atoms. The Morgan fingerprint density at radius 1 is 1.32 bits per heavy atom. The van der Waals surface area contributed by atoms with Gasteiger partial charge in [-0.15, -0.1) is 0 Å². The third kappa shape index (κ3) is 2.92. The molecule has 0 aromatic heterocycles. The fourth-order valence-corrected chi connectivity index (χ4v) is 4.33. The van der Waals surface area contributed by atoms with Crippen LogP contribution in [-0.4, -0.2) is 31.1 Å². The minimum absolute atomic E-state index is 0.124. The van der Waals surface area contributed by atoms with Gasteiger partial charge in [0, 0.05) is 5.92 Å². The first-order valence-electron chi connectivity index (χ1n) is 8.83. The monoisotopic (exact) mass is 310 g/mol. The van der Waals surface area contributed by atoms with Crippen LogP contribution in [0.15, 0.2) is 0 Å². The van der Waals surface area contributed by atoms with Crippen molar-refractivity contribution in [3.05, 3.63) is 0 Å². The summed E-state index contributed by atoms with van der Waals surface area (Å²) in [4.78, 5) is 12.1. The van der Waals surface area contributed by atoms with Crippen LogP contribution >= 0.6 is 0 Å². The Morgan fingerprint density at radius 2 is 2.09 bits per heavy atom. The summed E-state index contributed by atoms with van der Waals surface area (Å²) < 4.78 is 17.7. The molecule has 0 amide bonds. The lowest BCUT2D eigenvalue weighted by Crippen LogP contribution is -2.40. The highest BCUT2D eigenvalue weighted by Gasteiger charge is 2.53. The molecule has 0 N–H and O–H groups in total. The molecule has 2 bridgehead atoms. The van der Waals surface area contributed by atoms with E-state index in [4.69, 9.17) is 14.2 Å². The number of rotatable bonds is 5. The van der Waals surface area contributed by atoms with Crippen molar-refractivity contribution in [2.75, 3.05) is 13.2 Å². The molecule has 1 aliphatic heterocycles. The van der Waals surface area contributed by atoms with Crippen LogP contribution in [0.2, 0.25) is 0 Å². The molecule has 5 atom stereocenters. The number of carbonyl (C=O) groups excluding carboxylic acids is 1. The van der Waals surface area contributed by atoms with Gasteiger partial charge in [-0.25, -0.2) is 0 Å². The molecular weight excluding hydrogens is 280 g/mol. The number of carbonyl (C=O) groups is 1. The Bertz CT molecular complexity index is 433. The van der Waals surface area contributed by atoms with Crippen LogP contribution in [0.1, 0.15) is 59.8 Å². The molecule has 126 valence electrons. The zero-order valence-corrected chi connectivity index (χ0v) is 14.4. The van der Waals surface area contributed by atoms with E-state index in [1.165, 1.54) is 25.7 Å². The minimum atomic E-state index is -0.475. The van der Waals surface area contributed by atoms with Gasteiger partial charge < -0.3 is 14.2 Å². The maximum atomic E-state index is 12.1. The van der Waals surface area contributed by atoms with Crippen molar-refractivity contribution in [2.45, 2.75) is 71.7 Å². The van der Waals surface area contributed by atoms with Gasteiger partial charge in [-0.05, 0) is 58.3 Å². The van der Waals surface area contributed by atoms with Crippen LogP contribution in [0, 0.1) is 23.2 Å². The first-order chi connectivity index (χ1) is 10.3. The van der Waals surface area contributed by atoms with Gasteiger partial charge in [0.1, 0.15) is 12.7 Å². The summed E-state index contributed by atoms with van der Waals surface area (Å²) in [6.07, 6.45) is 5.93. The van der Waals surface area contributed by atoms with Gasteiger partial charge >= 0.3 is 5.97 Å². The summed E-state index contributed by atoms with van der Waals surface area (Å²) in [5, 5.41) is 0. The molecule has 3 rings (SSSR count). The molecule has 4 heteroatoms. The molecule has 0 aromatic carbocycles. The average Bonchev–Trinajstić information content (AvgIpc) is 3.20. The van der Waals surface area contributed by atoms with Crippen molar-refractivity contribution < 1.29 is 19.0 Å². The third-order valence-electron chi connectivity index (χ3n) is 6.20. The highest BCUT2D eigenvalue weighted by atomic mass is 16.8.